The molecule has 3 aromatic heterocycles. The molecule has 6 nitrogen and oxygen atoms in total. The Morgan fingerprint density at radius 1 is 0.971 bits per heavy atom. The van der Waals surface area contributed by atoms with Gasteiger partial charge in [-0.2, -0.15) is 18.3 Å². The number of alkyl halides is 3. The summed E-state index contributed by atoms with van der Waals surface area (Å²) in [5, 5.41) is 8.83. The summed E-state index contributed by atoms with van der Waals surface area (Å²) in [6, 6.07) is 12.1. The zero-order chi connectivity index (χ0) is 23.9. The maximum Gasteiger partial charge on any atom is 0.418 e. The first-order valence-corrected chi connectivity index (χ1v) is 10.0. The molecule has 170 valence electrons. The normalized spacial score (nSPS) is 11.6. The number of benzene rings is 2. The molecule has 0 atom stereocenters. The lowest BCUT2D eigenvalue weighted by Crippen LogP contribution is -2.17. The van der Waals surface area contributed by atoms with Crippen LogP contribution in [-0.2, 0) is 6.18 Å². The SMILES string of the molecule is O=C(Nc1ccccc1C(F)(F)F)c1ccc(-c2cnc3ccc(-c4cn[nH]c4)cn23)cc1F. The van der Waals surface area contributed by atoms with Gasteiger partial charge in [0, 0.05) is 29.1 Å². The first kappa shape index (κ1) is 21.4. The molecule has 0 aliphatic heterocycles. The zero-order valence-corrected chi connectivity index (χ0v) is 17.3. The number of H-pyrrole nitrogens is 1. The van der Waals surface area contributed by atoms with Gasteiger partial charge >= 0.3 is 6.18 Å². The average Bonchev–Trinajstić information content (AvgIpc) is 3.48. The van der Waals surface area contributed by atoms with Gasteiger partial charge in [-0.15, -0.1) is 0 Å². The maximum absolute atomic E-state index is 14.9. The van der Waals surface area contributed by atoms with Gasteiger partial charge in [0.1, 0.15) is 11.5 Å². The molecule has 0 spiro atoms. The van der Waals surface area contributed by atoms with E-state index in [0.717, 1.165) is 29.3 Å². The number of anilines is 1. The first-order valence-electron chi connectivity index (χ1n) is 10.0. The van der Waals surface area contributed by atoms with Gasteiger partial charge in [0.05, 0.1) is 34.9 Å². The van der Waals surface area contributed by atoms with E-state index in [1.54, 1.807) is 23.0 Å². The number of rotatable bonds is 4. The summed E-state index contributed by atoms with van der Waals surface area (Å²) in [5.41, 5.74) is 1.54. The molecule has 10 heteroatoms. The van der Waals surface area contributed by atoms with E-state index >= 15 is 0 Å². The number of nitrogens with zero attached hydrogens (tertiary/aromatic N) is 3. The molecule has 0 aliphatic rings. The molecule has 2 N–H and O–H groups in total. The van der Waals surface area contributed by atoms with E-state index in [0.29, 0.717) is 16.9 Å². The highest BCUT2D eigenvalue weighted by Gasteiger charge is 2.33. The minimum Gasteiger partial charge on any atom is -0.321 e. The molecule has 0 saturated heterocycles. The third-order valence-corrected chi connectivity index (χ3v) is 5.33. The van der Waals surface area contributed by atoms with E-state index in [1.165, 1.54) is 24.3 Å². The van der Waals surface area contributed by atoms with Crippen molar-refractivity contribution >= 4 is 17.2 Å². The van der Waals surface area contributed by atoms with Gasteiger partial charge in [-0.05, 0) is 36.4 Å². The van der Waals surface area contributed by atoms with Gasteiger partial charge in [-0.25, -0.2) is 9.37 Å². The zero-order valence-electron chi connectivity index (χ0n) is 17.3. The topological polar surface area (TPSA) is 75.1 Å². The monoisotopic (exact) mass is 465 g/mol. The molecule has 1 amide bonds. The second-order valence-corrected chi connectivity index (χ2v) is 7.47. The molecule has 2 aromatic carbocycles. The highest BCUT2D eigenvalue weighted by molar-refractivity contribution is 6.05. The van der Waals surface area contributed by atoms with E-state index in [4.69, 9.17) is 0 Å². The molecule has 0 fully saturated rings. The molecule has 5 rings (SSSR count). The van der Waals surface area contributed by atoms with Gasteiger partial charge in [-0.1, -0.05) is 18.2 Å². The van der Waals surface area contributed by atoms with Gasteiger partial charge < -0.3 is 5.32 Å². The van der Waals surface area contributed by atoms with Crippen molar-refractivity contribution in [2.24, 2.45) is 0 Å². The number of pyridine rings is 1. The molecule has 34 heavy (non-hydrogen) atoms. The van der Waals surface area contributed by atoms with Crippen molar-refractivity contribution in [2.75, 3.05) is 5.32 Å². The summed E-state index contributed by atoms with van der Waals surface area (Å²) in [6.07, 6.45) is 2.14. The molecule has 0 radical (unpaired) electrons. The van der Waals surface area contributed by atoms with Crippen LogP contribution in [0, 0.1) is 5.82 Å². The number of aromatic amines is 1. The lowest BCUT2D eigenvalue weighted by Gasteiger charge is -2.14. The van der Waals surface area contributed by atoms with Gasteiger partial charge in [0.2, 0.25) is 0 Å². The quantitative estimate of drug-likeness (QED) is 0.330. The molecular formula is C24H15F4N5O. The number of nitrogens with one attached hydrogen (secondary N) is 2. The summed E-state index contributed by atoms with van der Waals surface area (Å²) in [4.78, 5) is 16.9. The van der Waals surface area contributed by atoms with Crippen molar-refractivity contribution < 1.29 is 22.4 Å². The summed E-state index contributed by atoms with van der Waals surface area (Å²) in [7, 11) is 0. The van der Waals surface area contributed by atoms with Crippen LogP contribution in [0.2, 0.25) is 0 Å². The Labute approximate surface area is 189 Å². The second kappa shape index (κ2) is 8.14. The molecule has 0 aliphatic carbocycles. The molecule has 3 heterocycles. The van der Waals surface area contributed by atoms with E-state index in [9.17, 15) is 22.4 Å². The number of halogens is 4. The minimum atomic E-state index is -4.66. The smallest absolute Gasteiger partial charge is 0.321 e. The number of fused-ring (bicyclic) bond motifs is 1. The molecule has 0 saturated carbocycles. The fraction of sp³-hybridized carbons (Fsp3) is 0.0417. The minimum absolute atomic E-state index is 0.381. The fourth-order valence-electron chi connectivity index (χ4n) is 3.66. The summed E-state index contributed by atoms with van der Waals surface area (Å²) in [5.74, 6) is -1.86. The van der Waals surface area contributed by atoms with E-state index in [1.807, 2.05) is 18.3 Å². The Hall–Kier alpha value is -4.47. The number of carbonyl (C=O) groups excluding carboxylic acids is 1. The van der Waals surface area contributed by atoms with Crippen molar-refractivity contribution in [3.63, 3.8) is 0 Å². The lowest BCUT2D eigenvalue weighted by molar-refractivity contribution is -0.136. The number of hydrogen-bond acceptors (Lipinski definition) is 3. The Morgan fingerprint density at radius 3 is 2.50 bits per heavy atom. The Balaban J connectivity index is 1.46. The molecule has 0 bridgehead atoms. The maximum atomic E-state index is 14.9. The number of imidazole rings is 1. The second-order valence-electron chi connectivity index (χ2n) is 7.47. The van der Waals surface area contributed by atoms with Crippen molar-refractivity contribution in [3.8, 4) is 22.4 Å². The fourth-order valence-corrected chi connectivity index (χ4v) is 3.66. The number of amides is 1. The van der Waals surface area contributed by atoms with Crippen LogP contribution in [0.5, 0.6) is 0 Å². The largest absolute Gasteiger partial charge is 0.418 e. The Kier molecular flexibility index (Phi) is 5.12. The standard InChI is InChI=1S/C24H15F4N5O/c25-19-9-14(21-12-29-22-8-6-15(13-33(21)22)16-10-30-31-11-16)5-7-17(19)23(34)32-20-4-2-1-3-18(20)24(26,27)28/h1-13H,(H,30,31)(H,32,34). The third kappa shape index (κ3) is 3.90. The van der Waals surface area contributed by atoms with Crippen LogP contribution < -0.4 is 5.32 Å². The van der Waals surface area contributed by atoms with E-state index in [2.05, 4.69) is 20.5 Å². The average molecular weight is 465 g/mol. The van der Waals surface area contributed by atoms with Gasteiger partial charge in [-0.3, -0.25) is 14.3 Å². The van der Waals surface area contributed by atoms with Crippen LogP contribution in [-0.4, -0.2) is 25.5 Å². The van der Waals surface area contributed by atoms with Gasteiger partial charge in [0.15, 0.2) is 0 Å². The summed E-state index contributed by atoms with van der Waals surface area (Å²) < 4.78 is 56.3. The molecule has 5 aromatic rings. The predicted octanol–water partition coefficient (Wildman–Crippen LogP) is 5.80. The van der Waals surface area contributed by atoms with Crippen LogP contribution in [0.3, 0.4) is 0 Å². The van der Waals surface area contributed by atoms with Gasteiger partial charge in [0.25, 0.3) is 5.91 Å². The third-order valence-electron chi connectivity index (χ3n) is 5.33. The highest BCUT2D eigenvalue weighted by atomic mass is 19.4. The van der Waals surface area contributed by atoms with Crippen LogP contribution in [0.25, 0.3) is 28.0 Å². The van der Waals surface area contributed by atoms with Crippen LogP contribution in [0.1, 0.15) is 15.9 Å². The Bertz CT molecular complexity index is 1510. The molecule has 0 unspecified atom stereocenters. The van der Waals surface area contributed by atoms with E-state index < -0.39 is 29.2 Å². The highest BCUT2D eigenvalue weighted by Crippen LogP contribution is 2.35. The van der Waals surface area contributed by atoms with Crippen LogP contribution >= 0.6 is 0 Å². The summed E-state index contributed by atoms with van der Waals surface area (Å²) in [6.45, 7) is 0. The Morgan fingerprint density at radius 2 is 1.76 bits per heavy atom. The predicted molar refractivity (Wildman–Crippen MR) is 118 cm³/mol. The number of para-hydroxylation sites is 1. The summed E-state index contributed by atoms with van der Waals surface area (Å²) >= 11 is 0. The lowest BCUT2D eigenvalue weighted by atomic mass is 10.1. The van der Waals surface area contributed by atoms with Crippen molar-refractivity contribution in [1.82, 2.24) is 19.6 Å². The number of hydrogen-bond donors (Lipinski definition) is 2. The molecular weight excluding hydrogens is 450 g/mol. The van der Waals surface area contributed by atoms with Crippen LogP contribution in [0.4, 0.5) is 23.2 Å². The number of aromatic nitrogens is 4. The first-order chi connectivity index (χ1) is 16.3. The van der Waals surface area contributed by atoms with E-state index in [-0.39, 0.29) is 5.56 Å². The van der Waals surface area contributed by atoms with Crippen molar-refractivity contribution in [2.45, 2.75) is 6.18 Å². The number of carbonyl (C=O) groups is 1. The van der Waals surface area contributed by atoms with Crippen molar-refractivity contribution in [3.05, 3.63) is 96.3 Å². The van der Waals surface area contributed by atoms with Crippen molar-refractivity contribution in [1.29, 1.82) is 0 Å². The van der Waals surface area contributed by atoms with Crippen LogP contribution in [0.15, 0.2) is 79.4 Å².